The summed E-state index contributed by atoms with van der Waals surface area (Å²) in [5, 5.41) is 3.72. The van der Waals surface area contributed by atoms with Crippen molar-refractivity contribution in [1.29, 1.82) is 0 Å². The smallest absolute Gasteiger partial charge is 0.0124 e. The monoisotopic (exact) mass is 181 g/mol. The minimum Gasteiger partial charge on any atom is -0.313 e. The van der Waals surface area contributed by atoms with E-state index in [0.717, 1.165) is 11.5 Å². The lowest BCUT2D eigenvalue weighted by atomic mass is 9.68. The van der Waals surface area contributed by atoms with Gasteiger partial charge in [-0.15, -0.1) is 0 Å². The number of rotatable bonds is 2. The maximum atomic E-state index is 3.72. The molecule has 1 nitrogen and oxygen atoms in total. The highest BCUT2D eigenvalue weighted by molar-refractivity contribution is 4.97. The lowest BCUT2D eigenvalue weighted by Gasteiger charge is -2.38. The molecule has 2 aliphatic rings. The second-order valence-electron chi connectivity index (χ2n) is 4.97. The van der Waals surface area contributed by atoms with E-state index < -0.39 is 0 Å². The minimum absolute atomic E-state index is 0.730. The molecule has 1 aliphatic heterocycles. The van der Waals surface area contributed by atoms with Crippen molar-refractivity contribution in [2.24, 2.45) is 5.41 Å². The normalized spacial score (nSPS) is 32.5. The molecule has 1 N–H and O–H groups in total. The van der Waals surface area contributed by atoms with Crippen molar-refractivity contribution in [2.75, 3.05) is 6.54 Å². The largest absolute Gasteiger partial charge is 0.313 e. The SMILES string of the molecule is CCCC1NCCC12CCCCC2. The fourth-order valence-corrected chi connectivity index (χ4v) is 3.44. The van der Waals surface area contributed by atoms with E-state index in [0.29, 0.717) is 0 Å². The second-order valence-corrected chi connectivity index (χ2v) is 4.97. The molecule has 0 amide bonds. The molecule has 2 fully saturated rings. The Hall–Kier alpha value is -0.0400. The summed E-state index contributed by atoms with van der Waals surface area (Å²) in [6.45, 7) is 3.60. The van der Waals surface area contributed by atoms with Crippen LogP contribution >= 0.6 is 0 Å². The highest BCUT2D eigenvalue weighted by Crippen LogP contribution is 2.45. The van der Waals surface area contributed by atoms with Gasteiger partial charge in [-0.3, -0.25) is 0 Å². The Balaban J connectivity index is 2.00. The molecule has 1 aliphatic carbocycles. The first-order chi connectivity index (χ1) is 6.37. The zero-order valence-corrected chi connectivity index (χ0v) is 8.94. The van der Waals surface area contributed by atoms with Crippen LogP contribution in [-0.2, 0) is 0 Å². The van der Waals surface area contributed by atoms with Crippen LogP contribution in [0.15, 0.2) is 0 Å². The van der Waals surface area contributed by atoms with Crippen LogP contribution in [0, 0.1) is 5.41 Å². The van der Waals surface area contributed by atoms with Crippen LogP contribution in [0.25, 0.3) is 0 Å². The van der Waals surface area contributed by atoms with E-state index in [1.54, 1.807) is 0 Å². The summed E-state index contributed by atoms with van der Waals surface area (Å²) in [4.78, 5) is 0. The van der Waals surface area contributed by atoms with Crippen molar-refractivity contribution in [1.82, 2.24) is 5.32 Å². The molecule has 0 bridgehead atoms. The van der Waals surface area contributed by atoms with Crippen molar-refractivity contribution < 1.29 is 0 Å². The van der Waals surface area contributed by atoms with Gasteiger partial charge in [-0.1, -0.05) is 32.6 Å². The van der Waals surface area contributed by atoms with E-state index in [1.165, 1.54) is 57.9 Å². The van der Waals surface area contributed by atoms with Crippen molar-refractivity contribution in [3.05, 3.63) is 0 Å². The fourth-order valence-electron chi connectivity index (χ4n) is 3.44. The number of hydrogen-bond acceptors (Lipinski definition) is 1. The molecular weight excluding hydrogens is 158 g/mol. The number of nitrogens with one attached hydrogen (secondary N) is 1. The third-order valence-electron chi connectivity index (χ3n) is 4.18. The van der Waals surface area contributed by atoms with Crippen LogP contribution in [0.3, 0.4) is 0 Å². The van der Waals surface area contributed by atoms with Gasteiger partial charge in [0.2, 0.25) is 0 Å². The third kappa shape index (κ3) is 1.76. The van der Waals surface area contributed by atoms with Gasteiger partial charge in [-0.05, 0) is 37.6 Å². The van der Waals surface area contributed by atoms with E-state index in [-0.39, 0.29) is 0 Å². The zero-order valence-electron chi connectivity index (χ0n) is 8.94. The Labute approximate surface area is 82.3 Å². The quantitative estimate of drug-likeness (QED) is 0.690. The van der Waals surface area contributed by atoms with Crippen LogP contribution in [0.5, 0.6) is 0 Å². The van der Waals surface area contributed by atoms with Gasteiger partial charge >= 0.3 is 0 Å². The van der Waals surface area contributed by atoms with Crippen LogP contribution in [0.1, 0.15) is 58.3 Å². The van der Waals surface area contributed by atoms with Crippen LogP contribution in [-0.4, -0.2) is 12.6 Å². The molecule has 0 aromatic rings. The van der Waals surface area contributed by atoms with E-state index in [1.807, 2.05) is 0 Å². The van der Waals surface area contributed by atoms with Gasteiger partial charge in [0.05, 0.1) is 0 Å². The Morgan fingerprint density at radius 1 is 1.15 bits per heavy atom. The van der Waals surface area contributed by atoms with Crippen LogP contribution in [0.4, 0.5) is 0 Å². The maximum absolute atomic E-state index is 3.72. The Morgan fingerprint density at radius 2 is 1.92 bits per heavy atom. The average Bonchev–Trinajstić information content (AvgIpc) is 2.52. The summed E-state index contributed by atoms with van der Waals surface area (Å²) in [7, 11) is 0. The van der Waals surface area contributed by atoms with Gasteiger partial charge in [-0.2, -0.15) is 0 Å². The van der Waals surface area contributed by atoms with Gasteiger partial charge in [0.15, 0.2) is 0 Å². The molecule has 2 rings (SSSR count). The number of hydrogen-bond donors (Lipinski definition) is 1. The first kappa shape index (κ1) is 9.51. The van der Waals surface area contributed by atoms with Gasteiger partial charge in [0, 0.05) is 6.04 Å². The highest BCUT2D eigenvalue weighted by atomic mass is 15.0. The molecule has 76 valence electrons. The molecule has 1 heteroatoms. The molecule has 13 heavy (non-hydrogen) atoms. The molecule has 0 radical (unpaired) electrons. The fraction of sp³-hybridized carbons (Fsp3) is 1.00. The van der Waals surface area contributed by atoms with Crippen molar-refractivity contribution in [3.8, 4) is 0 Å². The Bertz CT molecular complexity index is 159. The molecule has 1 saturated carbocycles. The molecule has 1 atom stereocenters. The van der Waals surface area contributed by atoms with Crippen molar-refractivity contribution in [3.63, 3.8) is 0 Å². The summed E-state index contributed by atoms with van der Waals surface area (Å²) in [6.07, 6.45) is 11.7. The molecule has 1 unspecified atom stereocenters. The summed E-state index contributed by atoms with van der Waals surface area (Å²) < 4.78 is 0. The maximum Gasteiger partial charge on any atom is 0.0124 e. The van der Waals surface area contributed by atoms with Gasteiger partial charge < -0.3 is 5.32 Å². The predicted octanol–water partition coefficient (Wildman–Crippen LogP) is 3.10. The molecule has 0 aromatic carbocycles. The standard InChI is InChI=1S/C12H23N/c1-2-6-11-12(9-10-13-11)7-4-3-5-8-12/h11,13H,2-10H2,1H3. The Morgan fingerprint density at radius 3 is 2.62 bits per heavy atom. The lowest BCUT2D eigenvalue weighted by molar-refractivity contribution is 0.157. The van der Waals surface area contributed by atoms with Gasteiger partial charge in [0.1, 0.15) is 0 Å². The van der Waals surface area contributed by atoms with Crippen LogP contribution in [0.2, 0.25) is 0 Å². The highest BCUT2D eigenvalue weighted by Gasteiger charge is 2.42. The van der Waals surface area contributed by atoms with E-state index in [2.05, 4.69) is 12.2 Å². The lowest BCUT2D eigenvalue weighted by Crippen LogP contribution is -2.38. The zero-order chi connectivity index (χ0) is 9.15. The topological polar surface area (TPSA) is 12.0 Å². The van der Waals surface area contributed by atoms with Crippen molar-refractivity contribution >= 4 is 0 Å². The van der Waals surface area contributed by atoms with Gasteiger partial charge in [0.25, 0.3) is 0 Å². The molecule has 1 saturated heterocycles. The molecule has 1 heterocycles. The molecule has 0 aromatic heterocycles. The summed E-state index contributed by atoms with van der Waals surface area (Å²) >= 11 is 0. The van der Waals surface area contributed by atoms with E-state index >= 15 is 0 Å². The average molecular weight is 181 g/mol. The summed E-state index contributed by atoms with van der Waals surface area (Å²) in [5.41, 5.74) is 0.730. The van der Waals surface area contributed by atoms with E-state index in [4.69, 9.17) is 0 Å². The molecular formula is C12H23N. The van der Waals surface area contributed by atoms with Crippen LogP contribution < -0.4 is 5.32 Å². The first-order valence-corrected chi connectivity index (χ1v) is 6.11. The second kappa shape index (κ2) is 4.00. The first-order valence-electron chi connectivity index (χ1n) is 6.11. The third-order valence-corrected chi connectivity index (χ3v) is 4.18. The molecule has 1 spiro atoms. The van der Waals surface area contributed by atoms with Crippen molar-refractivity contribution in [2.45, 2.75) is 64.3 Å². The Kier molecular flexibility index (Phi) is 2.92. The summed E-state index contributed by atoms with van der Waals surface area (Å²) in [5.74, 6) is 0. The van der Waals surface area contributed by atoms with Gasteiger partial charge in [-0.25, -0.2) is 0 Å². The summed E-state index contributed by atoms with van der Waals surface area (Å²) in [6, 6.07) is 0.859. The van der Waals surface area contributed by atoms with E-state index in [9.17, 15) is 0 Å². The predicted molar refractivity (Wildman–Crippen MR) is 56.8 cm³/mol. The minimum atomic E-state index is 0.730.